The first-order valence-corrected chi connectivity index (χ1v) is 10.4. The van der Waals surface area contributed by atoms with Crippen LogP contribution in [0.3, 0.4) is 0 Å². The molecule has 0 N–H and O–H groups in total. The molecule has 32 heavy (non-hydrogen) atoms. The molecule has 9 heteroatoms. The minimum atomic E-state index is -0.143. The van der Waals surface area contributed by atoms with Crippen molar-refractivity contribution in [2.24, 2.45) is 0 Å². The molecule has 0 saturated carbocycles. The Balaban J connectivity index is 1.48. The first kappa shape index (κ1) is 21.5. The third kappa shape index (κ3) is 4.18. The van der Waals surface area contributed by atoms with Crippen LogP contribution in [0.2, 0.25) is 0 Å². The number of hydrogen-bond donors (Lipinski definition) is 0. The summed E-state index contributed by atoms with van der Waals surface area (Å²) in [5.41, 5.74) is 2.43. The van der Waals surface area contributed by atoms with Crippen LogP contribution in [0.25, 0.3) is 11.0 Å². The van der Waals surface area contributed by atoms with E-state index in [0.29, 0.717) is 43.4 Å². The van der Waals surface area contributed by atoms with Crippen LogP contribution >= 0.6 is 0 Å². The number of aromatic nitrogens is 2. The van der Waals surface area contributed by atoms with Gasteiger partial charge >= 0.3 is 6.03 Å². The maximum atomic E-state index is 13.2. The van der Waals surface area contributed by atoms with Crippen molar-refractivity contribution in [3.05, 3.63) is 42.5 Å². The van der Waals surface area contributed by atoms with Crippen LogP contribution in [0.1, 0.15) is 0 Å². The number of fused-ring (bicyclic) bond motifs is 1. The van der Waals surface area contributed by atoms with Gasteiger partial charge in [-0.3, -0.25) is 4.90 Å². The molecule has 0 atom stereocenters. The zero-order valence-corrected chi connectivity index (χ0v) is 18.7. The lowest BCUT2D eigenvalue weighted by Gasteiger charge is -2.37. The van der Waals surface area contributed by atoms with Gasteiger partial charge in [-0.25, -0.2) is 14.8 Å². The van der Waals surface area contributed by atoms with Crippen LogP contribution in [0.4, 0.5) is 16.3 Å². The monoisotopic (exact) mass is 437 g/mol. The molecular weight excluding hydrogens is 410 g/mol. The van der Waals surface area contributed by atoms with Gasteiger partial charge in [-0.2, -0.15) is 0 Å². The summed E-state index contributed by atoms with van der Waals surface area (Å²) in [6.07, 6.45) is 0. The Bertz CT molecular complexity index is 1090. The number of piperazine rings is 1. The summed E-state index contributed by atoms with van der Waals surface area (Å²) >= 11 is 0. The topological polar surface area (TPSA) is 80.3 Å². The third-order valence-corrected chi connectivity index (χ3v) is 5.57. The molecule has 0 unspecified atom stereocenters. The number of ether oxygens (including phenoxy) is 3. The molecule has 2 heterocycles. The summed E-state index contributed by atoms with van der Waals surface area (Å²) in [5.74, 6) is 2.19. The minimum Gasteiger partial charge on any atom is -0.497 e. The fraction of sp³-hybridized carbons (Fsp3) is 0.348. The molecule has 1 fully saturated rings. The number of para-hydroxylation sites is 2. The highest BCUT2D eigenvalue weighted by atomic mass is 16.5. The van der Waals surface area contributed by atoms with E-state index in [1.54, 1.807) is 21.3 Å². The second-order valence-corrected chi connectivity index (χ2v) is 7.43. The van der Waals surface area contributed by atoms with Gasteiger partial charge in [0.25, 0.3) is 5.88 Å². The summed E-state index contributed by atoms with van der Waals surface area (Å²) in [4.78, 5) is 27.9. The molecule has 1 aliphatic heterocycles. The summed E-state index contributed by atoms with van der Waals surface area (Å²) in [5, 5.41) is 0. The normalized spacial score (nSPS) is 13.8. The van der Waals surface area contributed by atoms with Crippen LogP contribution in [0.15, 0.2) is 42.5 Å². The number of carbonyl (C=O) groups excluding carboxylic acids is 1. The van der Waals surface area contributed by atoms with Crippen LogP contribution in [0.5, 0.6) is 17.4 Å². The standard InChI is InChI=1S/C23H27N5O4/c1-26(21-22(32-4)25-20-8-6-5-7-19(20)24-21)23(29)28-11-9-27(10-12-28)16-13-17(30-2)15-18(14-16)31-3/h5-8,13-15H,9-12H2,1-4H3. The van der Waals surface area contributed by atoms with Gasteiger partial charge in [-0.05, 0) is 12.1 Å². The molecular formula is C23H27N5O4. The van der Waals surface area contributed by atoms with Crippen LogP contribution < -0.4 is 24.0 Å². The number of anilines is 2. The molecule has 1 aromatic heterocycles. The van der Waals surface area contributed by atoms with E-state index in [2.05, 4.69) is 14.9 Å². The van der Waals surface area contributed by atoms with Gasteiger partial charge in [0.05, 0.1) is 32.4 Å². The van der Waals surface area contributed by atoms with Crippen LogP contribution in [-0.4, -0.2) is 75.5 Å². The average molecular weight is 438 g/mol. The van der Waals surface area contributed by atoms with E-state index in [1.807, 2.05) is 47.4 Å². The summed E-state index contributed by atoms with van der Waals surface area (Å²) in [6, 6.07) is 13.2. The SMILES string of the molecule is COc1cc(OC)cc(N2CCN(C(=O)N(C)c3nc4ccccc4nc3OC)CC2)c1. The molecule has 0 aliphatic carbocycles. The van der Waals surface area contributed by atoms with Crippen molar-refractivity contribution >= 4 is 28.6 Å². The van der Waals surface area contributed by atoms with Crippen molar-refractivity contribution in [2.45, 2.75) is 0 Å². The van der Waals surface area contributed by atoms with E-state index in [0.717, 1.165) is 22.7 Å². The molecule has 1 saturated heterocycles. The highest BCUT2D eigenvalue weighted by Gasteiger charge is 2.27. The molecule has 1 aliphatic rings. The number of hydrogen-bond acceptors (Lipinski definition) is 7. The Hall–Kier alpha value is -3.75. The minimum absolute atomic E-state index is 0.143. The fourth-order valence-corrected chi connectivity index (χ4v) is 3.76. The largest absolute Gasteiger partial charge is 0.497 e. The average Bonchev–Trinajstić information content (AvgIpc) is 2.86. The van der Waals surface area contributed by atoms with E-state index >= 15 is 0 Å². The Morgan fingerprint density at radius 3 is 2.03 bits per heavy atom. The summed E-state index contributed by atoms with van der Waals surface area (Å²) in [6.45, 7) is 2.53. The molecule has 9 nitrogen and oxygen atoms in total. The van der Waals surface area contributed by atoms with Gasteiger partial charge in [0.1, 0.15) is 11.5 Å². The number of benzene rings is 2. The number of carbonyl (C=O) groups is 1. The zero-order valence-electron chi connectivity index (χ0n) is 18.7. The number of amides is 2. The maximum Gasteiger partial charge on any atom is 0.325 e. The van der Waals surface area contributed by atoms with Crippen molar-refractivity contribution in [1.29, 1.82) is 0 Å². The van der Waals surface area contributed by atoms with Gasteiger partial charge in [0.2, 0.25) is 5.82 Å². The first-order chi connectivity index (χ1) is 15.5. The summed E-state index contributed by atoms with van der Waals surface area (Å²) in [7, 11) is 6.49. The van der Waals surface area contributed by atoms with Crippen molar-refractivity contribution in [1.82, 2.24) is 14.9 Å². The number of rotatable bonds is 5. The van der Waals surface area contributed by atoms with E-state index in [9.17, 15) is 4.79 Å². The second-order valence-electron chi connectivity index (χ2n) is 7.43. The second kappa shape index (κ2) is 9.17. The Labute approximate surface area is 187 Å². The quantitative estimate of drug-likeness (QED) is 0.607. The van der Waals surface area contributed by atoms with E-state index < -0.39 is 0 Å². The highest BCUT2D eigenvalue weighted by Crippen LogP contribution is 2.30. The Kier molecular flexibility index (Phi) is 6.16. The summed E-state index contributed by atoms with van der Waals surface area (Å²) < 4.78 is 16.2. The predicted molar refractivity (Wildman–Crippen MR) is 123 cm³/mol. The lowest BCUT2D eigenvalue weighted by Crippen LogP contribution is -2.52. The van der Waals surface area contributed by atoms with Gasteiger partial charge in [0.15, 0.2) is 0 Å². The van der Waals surface area contributed by atoms with Crippen LogP contribution in [0, 0.1) is 0 Å². The van der Waals surface area contributed by atoms with E-state index in [-0.39, 0.29) is 6.03 Å². The zero-order chi connectivity index (χ0) is 22.7. The number of methoxy groups -OCH3 is 3. The van der Waals surface area contributed by atoms with Crippen molar-refractivity contribution in [3.8, 4) is 17.4 Å². The lowest BCUT2D eigenvalue weighted by atomic mass is 10.2. The van der Waals surface area contributed by atoms with E-state index in [1.165, 1.54) is 12.0 Å². The maximum absolute atomic E-state index is 13.2. The molecule has 4 rings (SSSR count). The first-order valence-electron chi connectivity index (χ1n) is 10.4. The van der Waals surface area contributed by atoms with Gasteiger partial charge < -0.3 is 24.0 Å². The Morgan fingerprint density at radius 1 is 0.875 bits per heavy atom. The highest BCUT2D eigenvalue weighted by molar-refractivity contribution is 5.93. The smallest absolute Gasteiger partial charge is 0.325 e. The van der Waals surface area contributed by atoms with Gasteiger partial charge in [0, 0.05) is 57.1 Å². The third-order valence-electron chi connectivity index (χ3n) is 5.57. The van der Waals surface area contributed by atoms with Crippen molar-refractivity contribution in [2.75, 3.05) is 64.4 Å². The molecule has 0 spiro atoms. The van der Waals surface area contributed by atoms with Crippen molar-refractivity contribution in [3.63, 3.8) is 0 Å². The lowest BCUT2D eigenvalue weighted by molar-refractivity contribution is 0.202. The van der Waals surface area contributed by atoms with Gasteiger partial charge in [-0.15, -0.1) is 0 Å². The van der Waals surface area contributed by atoms with Crippen LogP contribution in [-0.2, 0) is 0 Å². The molecule has 0 bridgehead atoms. The molecule has 168 valence electrons. The van der Waals surface area contributed by atoms with E-state index in [4.69, 9.17) is 14.2 Å². The molecule has 2 aromatic carbocycles. The molecule has 2 amide bonds. The molecule has 0 radical (unpaired) electrons. The predicted octanol–water partition coefficient (Wildman–Crippen LogP) is 3.03. The van der Waals surface area contributed by atoms with Gasteiger partial charge in [-0.1, -0.05) is 12.1 Å². The number of nitrogens with zero attached hydrogens (tertiary/aromatic N) is 5. The molecule has 3 aromatic rings. The number of urea groups is 1. The Morgan fingerprint density at radius 2 is 1.47 bits per heavy atom. The van der Waals surface area contributed by atoms with Crippen molar-refractivity contribution < 1.29 is 19.0 Å². The fourth-order valence-electron chi connectivity index (χ4n) is 3.76.